The van der Waals surface area contributed by atoms with Crippen molar-refractivity contribution in [3.05, 3.63) is 39.4 Å². The number of hydrogen-bond donors (Lipinski definition) is 1. The number of thioether (sulfide) groups is 1. The number of nitrogens with zero attached hydrogens (tertiary/aromatic N) is 2. The molecule has 2 unspecified atom stereocenters. The summed E-state index contributed by atoms with van der Waals surface area (Å²) in [4.78, 5) is 38.7. The van der Waals surface area contributed by atoms with Crippen LogP contribution in [0.2, 0.25) is 0 Å². The zero-order valence-electron chi connectivity index (χ0n) is 14.1. The zero-order valence-corrected chi connectivity index (χ0v) is 15.0. The molecule has 0 radical (unpaired) electrons. The molecule has 0 saturated heterocycles. The van der Waals surface area contributed by atoms with Crippen molar-refractivity contribution in [3.8, 4) is 0 Å². The molecule has 1 aliphatic heterocycles. The normalized spacial score (nSPS) is 19.8. The van der Waals surface area contributed by atoms with Crippen molar-refractivity contribution in [2.24, 2.45) is 10.9 Å². The summed E-state index contributed by atoms with van der Waals surface area (Å²) in [6.45, 7) is 3.45. The maximum Gasteiger partial charge on any atom is 0.341 e. The average Bonchev–Trinajstić information content (AvgIpc) is 2.54. The Morgan fingerprint density at radius 3 is 2.80 bits per heavy atom. The third-order valence-corrected chi connectivity index (χ3v) is 4.49. The molecule has 0 bridgehead atoms. The van der Waals surface area contributed by atoms with E-state index in [0.29, 0.717) is 22.6 Å². The van der Waals surface area contributed by atoms with Gasteiger partial charge in [-0.1, -0.05) is 12.1 Å². The number of amides is 2. The minimum atomic E-state index is -0.818. The number of nitro benzene ring substituents is 1. The van der Waals surface area contributed by atoms with Crippen molar-refractivity contribution in [2.75, 3.05) is 18.6 Å². The van der Waals surface area contributed by atoms with Gasteiger partial charge in [0.25, 0.3) is 5.69 Å². The fourth-order valence-electron chi connectivity index (χ4n) is 2.63. The third kappa shape index (κ3) is 4.36. The summed E-state index contributed by atoms with van der Waals surface area (Å²) in [5.74, 6) is -0.674. The van der Waals surface area contributed by atoms with Gasteiger partial charge in [-0.2, -0.15) is 11.8 Å². The summed E-state index contributed by atoms with van der Waals surface area (Å²) in [7, 11) is 0. The molecule has 134 valence electrons. The number of esters is 1. The first-order chi connectivity index (χ1) is 11.8. The van der Waals surface area contributed by atoms with Crippen LogP contribution in [-0.4, -0.2) is 41.3 Å². The maximum atomic E-state index is 12.5. The number of hydrogen-bond acceptors (Lipinski definition) is 6. The zero-order chi connectivity index (χ0) is 18.6. The van der Waals surface area contributed by atoms with Crippen LogP contribution in [0.4, 0.5) is 10.5 Å². The summed E-state index contributed by atoms with van der Waals surface area (Å²) in [5.41, 5.74) is 1.22. The average molecular weight is 365 g/mol. The van der Waals surface area contributed by atoms with E-state index in [2.05, 4.69) is 10.3 Å². The highest BCUT2D eigenvalue weighted by Crippen LogP contribution is 2.31. The topological polar surface area (TPSA) is 111 Å². The van der Waals surface area contributed by atoms with Crippen LogP contribution >= 0.6 is 11.8 Å². The molecule has 1 N–H and O–H groups in total. The molecule has 0 spiro atoms. The Hall–Kier alpha value is -2.42. The number of carbonyl (C=O) groups is 2. The van der Waals surface area contributed by atoms with Gasteiger partial charge >= 0.3 is 12.0 Å². The predicted molar refractivity (Wildman–Crippen MR) is 95.0 cm³/mol. The minimum absolute atomic E-state index is 0.0681. The van der Waals surface area contributed by atoms with Crippen LogP contribution in [0.3, 0.4) is 0 Å². The maximum absolute atomic E-state index is 12.5. The summed E-state index contributed by atoms with van der Waals surface area (Å²) < 4.78 is 5.25. The number of nitro groups is 1. The molecule has 2 atom stereocenters. The van der Waals surface area contributed by atoms with Crippen molar-refractivity contribution in [1.82, 2.24) is 5.32 Å². The third-order valence-electron chi connectivity index (χ3n) is 3.92. The lowest BCUT2D eigenvalue weighted by atomic mass is 9.87. The first kappa shape index (κ1) is 18.9. The number of benzene rings is 1. The number of ether oxygens (including phenoxy) is 1. The summed E-state index contributed by atoms with van der Waals surface area (Å²) >= 11 is 1.54. The molecule has 25 heavy (non-hydrogen) atoms. The number of urea groups is 1. The van der Waals surface area contributed by atoms with E-state index in [-0.39, 0.29) is 12.3 Å². The Balaban J connectivity index is 2.37. The van der Waals surface area contributed by atoms with E-state index in [1.807, 2.05) is 6.26 Å². The van der Waals surface area contributed by atoms with Crippen LogP contribution in [0.5, 0.6) is 0 Å². The Morgan fingerprint density at radius 1 is 1.44 bits per heavy atom. The van der Waals surface area contributed by atoms with Gasteiger partial charge in [-0.3, -0.25) is 14.9 Å². The molecule has 2 rings (SSSR count). The Kier molecular flexibility index (Phi) is 6.13. The van der Waals surface area contributed by atoms with Gasteiger partial charge in [0.1, 0.15) is 12.5 Å². The van der Waals surface area contributed by atoms with Gasteiger partial charge < -0.3 is 10.1 Å². The lowest BCUT2D eigenvalue weighted by molar-refractivity contribution is -0.385. The number of aryl methyl sites for hydroxylation is 1. The molecular weight excluding hydrogens is 346 g/mol. The molecule has 0 aromatic heterocycles. The van der Waals surface area contributed by atoms with Crippen molar-refractivity contribution < 1.29 is 19.2 Å². The highest BCUT2D eigenvalue weighted by atomic mass is 32.2. The second-order valence-corrected chi connectivity index (χ2v) is 6.61. The molecule has 9 heteroatoms. The lowest BCUT2D eigenvalue weighted by Gasteiger charge is -2.29. The van der Waals surface area contributed by atoms with E-state index in [1.54, 1.807) is 37.7 Å². The number of aliphatic imine (C=N–C) groups is 1. The Bertz CT molecular complexity index is 734. The van der Waals surface area contributed by atoms with Crippen molar-refractivity contribution in [2.45, 2.75) is 19.9 Å². The van der Waals surface area contributed by atoms with E-state index in [9.17, 15) is 19.7 Å². The first-order valence-corrected chi connectivity index (χ1v) is 9.00. The van der Waals surface area contributed by atoms with Gasteiger partial charge in [0.2, 0.25) is 0 Å². The van der Waals surface area contributed by atoms with Crippen LogP contribution in [0, 0.1) is 23.0 Å². The number of nitrogens with one attached hydrogen (secondary N) is 1. The molecule has 1 aliphatic rings. The smallest absolute Gasteiger partial charge is 0.341 e. The van der Waals surface area contributed by atoms with Gasteiger partial charge in [-0.25, -0.2) is 9.79 Å². The summed E-state index contributed by atoms with van der Waals surface area (Å²) in [5, 5.41) is 13.8. The molecule has 1 heterocycles. The fourth-order valence-corrected chi connectivity index (χ4v) is 2.88. The molecule has 2 amide bonds. The molecule has 1 aromatic rings. The van der Waals surface area contributed by atoms with Crippen LogP contribution < -0.4 is 5.32 Å². The van der Waals surface area contributed by atoms with Gasteiger partial charge in [-0.05, 0) is 25.7 Å². The molecule has 1 aromatic carbocycles. The quantitative estimate of drug-likeness (QED) is 0.359. The molecule has 0 aliphatic carbocycles. The predicted octanol–water partition coefficient (Wildman–Crippen LogP) is 2.65. The number of carbonyl (C=O) groups excluding carboxylic acids is 2. The van der Waals surface area contributed by atoms with Gasteiger partial charge in [0, 0.05) is 23.1 Å². The summed E-state index contributed by atoms with van der Waals surface area (Å²) in [6.07, 6.45) is 1.90. The standard InChI is InChI=1S/C16H19N3O5S/c1-9-4-5-11(8-12(9)19(22)23)14-13(10(2)17-16(21)18-14)15(20)24-6-7-25-3/h4-5,8,13-14H,6-7H2,1-3H3,(H,18,21). The SMILES string of the molecule is CSCCOC(=O)C1C(C)=NC(=O)NC1c1ccc(C)c([N+](=O)[O-])c1. The van der Waals surface area contributed by atoms with Crippen LogP contribution in [-0.2, 0) is 9.53 Å². The van der Waals surface area contributed by atoms with E-state index < -0.39 is 28.9 Å². The molecule has 0 fully saturated rings. The van der Waals surface area contributed by atoms with Gasteiger partial charge in [0.05, 0.1) is 11.0 Å². The lowest BCUT2D eigenvalue weighted by Crippen LogP contribution is -2.44. The van der Waals surface area contributed by atoms with Crippen LogP contribution in [0.15, 0.2) is 23.2 Å². The van der Waals surface area contributed by atoms with Crippen molar-refractivity contribution >= 4 is 35.2 Å². The van der Waals surface area contributed by atoms with Gasteiger partial charge in [0.15, 0.2) is 0 Å². The van der Waals surface area contributed by atoms with Crippen LogP contribution in [0.25, 0.3) is 0 Å². The second kappa shape index (κ2) is 8.11. The van der Waals surface area contributed by atoms with E-state index >= 15 is 0 Å². The monoisotopic (exact) mass is 365 g/mol. The largest absolute Gasteiger partial charge is 0.464 e. The summed E-state index contributed by atoms with van der Waals surface area (Å²) in [6, 6.07) is 3.29. The van der Waals surface area contributed by atoms with E-state index in [0.717, 1.165) is 0 Å². The van der Waals surface area contributed by atoms with Gasteiger partial charge in [-0.15, -0.1) is 0 Å². The minimum Gasteiger partial charge on any atom is -0.464 e. The van der Waals surface area contributed by atoms with E-state index in [4.69, 9.17) is 4.74 Å². The van der Waals surface area contributed by atoms with Crippen molar-refractivity contribution in [1.29, 1.82) is 0 Å². The fraction of sp³-hybridized carbons (Fsp3) is 0.438. The van der Waals surface area contributed by atoms with Crippen LogP contribution in [0.1, 0.15) is 24.1 Å². The molecular formula is C16H19N3O5S. The Labute approximate surface area is 149 Å². The molecule has 0 saturated carbocycles. The highest BCUT2D eigenvalue weighted by Gasteiger charge is 2.38. The first-order valence-electron chi connectivity index (χ1n) is 7.61. The van der Waals surface area contributed by atoms with E-state index in [1.165, 1.54) is 6.07 Å². The van der Waals surface area contributed by atoms with Crippen molar-refractivity contribution in [3.63, 3.8) is 0 Å². The number of rotatable bonds is 6. The Morgan fingerprint density at radius 2 is 2.16 bits per heavy atom. The second-order valence-electron chi connectivity index (χ2n) is 5.62. The highest BCUT2D eigenvalue weighted by molar-refractivity contribution is 7.98. The molecule has 8 nitrogen and oxygen atoms in total.